The molecular formula is C24H15F3N6O2. The first kappa shape index (κ1) is 22.1. The molecule has 174 valence electrons. The van der Waals surface area contributed by atoms with Gasteiger partial charge in [-0.2, -0.15) is 23.4 Å². The van der Waals surface area contributed by atoms with Crippen molar-refractivity contribution in [2.75, 3.05) is 5.32 Å². The first-order chi connectivity index (χ1) is 16.7. The number of amides is 2. The summed E-state index contributed by atoms with van der Waals surface area (Å²) in [5.41, 5.74) is 2.59. The molecule has 0 saturated heterocycles. The molecule has 0 atom stereocenters. The molecule has 0 aliphatic carbocycles. The van der Waals surface area contributed by atoms with Gasteiger partial charge in [-0.15, -0.1) is 4.80 Å². The molecule has 1 aliphatic heterocycles. The first-order valence-corrected chi connectivity index (χ1v) is 10.3. The number of nitrogens with one attached hydrogen (secondary N) is 1. The second kappa shape index (κ2) is 8.28. The van der Waals surface area contributed by atoms with Gasteiger partial charge in [0.25, 0.3) is 11.8 Å². The van der Waals surface area contributed by atoms with Gasteiger partial charge in [0.2, 0.25) is 0 Å². The Hall–Kier alpha value is -4.67. The summed E-state index contributed by atoms with van der Waals surface area (Å²) < 4.78 is 40.8. The molecule has 2 aromatic heterocycles. The number of hydrogen-bond donors (Lipinski definition) is 1. The number of aliphatic imine (C=N–C) groups is 1. The summed E-state index contributed by atoms with van der Waals surface area (Å²) >= 11 is 0. The summed E-state index contributed by atoms with van der Waals surface area (Å²) in [4.78, 5) is 32.9. The lowest BCUT2D eigenvalue weighted by Crippen LogP contribution is -2.17. The number of aryl methyl sites for hydroxylation is 1. The van der Waals surface area contributed by atoms with Gasteiger partial charge in [-0.1, -0.05) is 18.2 Å². The van der Waals surface area contributed by atoms with E-state index < -0.39 is 23.5 Å². The molecule has 0 spiro atoms. The van der Waals surface area contributed by atoms with E-state index in [1.807, 2.05) is 6.07 Å². The van der Waals surface area contributed by atoms with Crippen LogP contribution >= 0.6 is 0 Å². The fourth-order valence-corrected chi connectivity index (χ4v) is 3.76. The van der Waals surface area contributed by atoms with Crippen LogP contribution in [-0.4, -0.2) is 38.0 Å². The van der Waals surface area contributed by atoms with E-state index in [-0.39, 0.29) is 17.2 Å². The van der Waals surface area contributed by atoms with E-state index in [4.69, 9.17) is 0 Å². The molecule has 35 heavy (non-hydrogen) atoms. The maximum absolute atomic E-state index is 13.6. The van der Waals surface area contributed by atoms with Crippen LogP contribution < -0.4 is 5.32 Å². The van der Waals surface area contributed by atoms with E-state index in [1.54, 1.807) is 37.3 Å². The topological polar surface area (TPSA) is 102 Å². The number of anilines is 1. The minimum Gasteiger partial charge on any atom is -0.321 e. The SMILES string of the molecule is Cc1cc(-c2ccc3c(c2)C=NC3=O)ccc1C(=O)Nc1cnc(-n2nccn2)c(C(F)(F)F)c1. The number of carbonyl (C=O) groups excluding carboxylic acids is 2. The van der Waals surface area contributed by atoms with Crippen LogP contribution in [0.2, 0.25) is 0 Å². The minimum atomic E-state index is -4.74. The van der Waals surface area contributed by atoms with E-state index in [2.05, 4.69) is 25.5 Å². The second-order valence-electron chi connectivity index (χ2n) is 7.76. The van der Waals surface area contributed by atoms with Gasteiger partial charge in [-0.25, -0.2) is 9.98 Å². The number of nitrogens with zero attached hydrogens (tertiary/aromatic N) is 5. The number of rotatable bonds is 4. The summed E-state index contributed by atoms with van der Waals surface area (Å²) in [5.74, 6) is -1.37. The highest BCUT2D eigenvalue weighted by Gasteiger charge is 2.36. The van der Waals surface area contributed by atoms with Gasteiger partial charge in [0.1, 0.15) is 5.56 Å². The van der Waals surface area contributed by atoms with E-state index in [0.29, 0.717) is 16.7 Å². The van der Waals surface area contributed by atoms with Crippen molar-refractivity contribution >= 4 is 23.7 Å². The number of aromatic nitrogens is 4. The van der Waals surface area contributed by atoms with Crippen molar-refractivity contribution in [3.8, 4) is 16.9 Å². The van der Waals surface area contributed by atoms with Crippen LogP contribution in [0.4, 0.5) is 18.9 Å². The summed E-state index contributed by atoms with van der Waals surface area (Å²) in [7, 11) is 0. The van der Waals surface area contributed by atoms with Crippen molar-refractivity contribution in [1.82, 2.24) is 20.0 Å². The summed E-state index contributed by atoms with van der Waals surface area (Å²) in [5, 5.41) is 9.87. The van der Waals surface area contributed by atoms with Gasteiger partial charge >= 0.3 is 6.18 Å². The van der Waals surface area contributed by atoms with Crippen LogP contribution in [0.15, 0.2) is 66.0 Å². The predicted octanol–water partition coefficient (Wildman–Crippen LogP) is 4.48. The molecule has 0 fully saturated rings. The van der Waals surface area contributed by atoms with Crippen molar-refractivity contribution in [1.29, 1.82) is 0 Å². The van der Waals surface area contributed by atoms with Gasteiger partial charge in [-0.05, 0) is 47.9 Å². The standard InChI is InChI=1S/C24H15F3N6O2/c1-13-8-14(15-3-5-19-16(9-15)11-29-22(19)34)2-4-18(13)23(35)32-17-10-20(24(25,26)27)21(28-12-17)33-30-6-7-31-33/h2-12H,1H3,(H,32,35). The third-order valence-electron chi connectivity index (χ3n) is 5.45. The zero-order chi connectivity index (χ0) is 24.7. The molecule has 1 N–H and O–H groups in total. The maximum Gasteiger partial charge on any atom is 0.420 e. The lowest BCUT2D eigenvalue weighted by molar-refractivity contribution is -0.137. The molecule has 0 saturated carbocycles. The normalized spacial score (nSPS) is 12.6. The predicted molar refractivity (Wildman–Crippen MR) is 121 cm³/mol. The fraction of sp³-hybridized carbons (Fsp3) is 0.0833. The zero-order valence-electron chi connectivity index (χ0n) is 18.0. The Morgan fingerprint density at radius 2 is 1.71 bits per heavy atom. The number of halogens is 3. The van der Waals surface area contributed by atoms with Crippen LogP contribution in [-0.2, 0) is 6.18 Å². The van der Waals surface area contributed by atoms with Crippen molar-refractivity contribution in [2.45, 2.75) is 13.1 Å². The Bertz CT molecular complexity index is 1510. The van der Waals surface area contributed by atoms with Crippen LogP contribution in [0.5, 0.6) is 0 Å². The molecule has 2 aromatic carbocycles. The number of benzene rings is 2. The van der Waals surface area contributed by atoms with Gasteiger partial charge in [0, 0.05) is 17.3 Å². The molecule has 3 heterocycles. The van der Waals surface area contributed by atoms with Crippen LogP contribution in [0, 0.1) is 6.92 Å². The number of pyridine rings is 1. The molecule has 2 amide bonds. The third kappa shape index (κ3) is 4.19. The quantitative estimate of drug-likeness (QED) is 0.468. The number of alkyl halides is 3. The summed E-state index contributed by atoms with van der Waals surface area (Å²) in [6, 6.07) is 11.2. The smallest absolute Gasteiger partial charge is 0.321 e. The second-order valence-corrected chi connectivity index (χ2v) is 7.76. The molecule has 0 radical (unpaired) electrons. The molecule has 0 bridgehead atoms. The Labute approximate surface area is 196 Å². The monoisotopic (exact) mass is 476 g/mol. The highest BCUT2D eigenvalue weighted by Crippen LogP contribution is 2.34. The van der Waals surface area contributed by atoms with E-state index in [9.17, 15) is 22.8 Å². The Morgan fingerprint density at radius 1 is 1.00 bits per heavy atom. The average molecular weight is 476 g/mol. The lowest BCUT2D eigenvalue weighted by atomic mass is 9.97. The first-order valence-electron chi connectivity index (χ1n) is 10.3. The highest BCUT2D eigenvalue weighted by molar-refractivity contribution is 6.13. The molecule has 5 rings (SSSR count). The van der Waals surface area contributed by atoms with E-state index in [1.165, 1.54) is 18.6 Å². The Kier molecular flexibility index (Phi) is 5.24. The van der Waals surface area contributed by atoms with E-state index in [0.717, 1.165) is 28.2 Å². The van der Waals surface area contributed by atoms with Gasteiger partial charge in [0.05, 0.1) is 29.8 Å². The van der Waals surface area contributed by atoms with Crippen LogP contribution in [0.25, 0.3) is 16.9 Å². The lowest BCUT2D eigenvalue weighted by Gasteiger charge is -2.14. The molecule has 4 aromatic rings. The minimum absolute atomic E-state index is 0.121. The molecular weight excluding hydrogens is 461 g/mol. The van der Waals surface area contributed by atoms with Crippen molar-refractivity contribution in [3.63, 3.8) is 0 Å². The number of hydrogen-bond acceptors (Lipinski definition) is 5. The van der Waals surface area contributed by atoms with Gasteiger partial charge < -0.3 is 5.32 Å². The molecule has 8 nitrogen and oxygen atoms in total. The summed E-state index contributed by atoms with van der Waals surface area (Å²) in [6.45, 7) is 1.72. The summed E-state index contributed by atoms with van der Waals surface area (Å²) in [6.07, 6.45) is 0.356. The molecule has 1 aliphatic rings. The van der Waals surface area contributed by atoms with Gasteiger partial charge in [-0.3, -0.25) is 9.59 Å². The van der Waals surface area contributed by atoms with Crippen LogP contribution in [0.1, 0.15) is 37.4 Å². The van der Waals surface area contributed by atoms with Crippen molar-refractivity contribution in [2.24, 2.45) is 4.99 Å². The van der Waals surface area contributed by atoms with Crippen LogP contribution in [0.3, 0.4) is 0 Å². The van der Waals surface area contributed by atoms with Gasteiger partial charge in [0.15, 0.2) is 5.82 Å². The van der Waals surface area contributed by atoms with Crippen molar-refractivity contribution < 1.29 is 22.8 Å². The van der Waals surface area contributed by atoms with E-state index >= 15 is 0 Å². The zero-order valence-corrected chi connectivity index (χ0v) is 18.0. The fourth-order valence-electron chi connectivity index (χ4n) is 3.76. The average Bonchev–Trinajstić information content (AvgIpc) is 3.48. The molecule has 11 heteroatoms. The van der Waals surface area contributed by atoms with Crippen molar-refractivity contribution in [3.05, 3.63) is 88.9 Å². The molecule has 0 unspecified atom stereocenters. The Balaban J connectivity index is 1.41. The number of fused-ring (bicyclic) bond motifs is 1. The third-order valence-corrected chi connectivity index (χ3v) is 5.45. The maximum atomic E-state index is 13.6. The largest absolute Gasteiger partial charge is 0.420 e. The highest BCUT2D eigenvalue weighted by atomic mass is 19.4. The Morgan fingerprint density at radius 3 is 2.43 bits per heavy atom. The number of carbonyl (C=O) groups is 2.